The van der Waals surface area contributed by atoms with E-state index in [0.29, 0.717) is 19.0 Å². The van der Waals surface area contributed by atoms with Crippen molar-refractivity contribution in [3.63, 3.8) is 0 Å². The normalized spacial score (nSPS) is 11.1. The Morgan fingerprint density at radius 2 is 1.79 bits per heavy atom. The molecule has 0 saturated heterocycles. The second kappa shape index (κ2) is 9.57. The number of ether oxygens (including phenoxy) is 1. The number of nitrogens with one attached hydrogen (secondary N) is 1. The smallest absolute Gasteiger partial charge is 0.269 e. The van der Waals surface area contributed by atoms with E-state index in [1.807, 2.05) is 54.6 Å². The molecule has 2 aromatic carbocycles. The first-order valence-electron chi connectivity index (χ1n) is 7.53. The Hall–Kier alpha value is -2.53. The summed E-state index contributed by atoms with van der Waals surface area (Å²) in [5.74, 6) is 0.608. The summed E-state index contributed by atoms with van der Waals surface area (Å²) in [6.07, 6.45) is 0.226. The monoisotopic (exact) mass is 346 g/mol. The molecule has 0 heterocycles. The van der Waals surface area contributed by atoms with E-state index < -0.39 is 5.91 Å². The van der Waals surface area contributed by atoms with Crippen molar-refractivity contribution in [3.8, 4) is 5.75 Å². The molecule has 0 fully saturated rings. The minimum Gasteiger partial charge on any atom is -0.489 e. The third kappa shape index (κ3) is 5.59. The molecular weight excluding hydrogens is 328 g/mol. The first-order chi connectivity index (χ1) is 11.7. The molecule has 2 rings (SSSR count). The summed E-state index contributed by atoms with van der Waals surface area (Å²) in [5, 5.41) is 14.6. The molecule has 0 bridgehead atoms. The third-order valence-electron chi connectivity index (χ3n) is 3.31. The SMILES string of the molecule is O=C(NCCCl)/C(Cc1ccc(OCc2ccccc2)cc1)=N\O. The van der Waals surface area contributed by atoms with Crippen molar-refractivity contribution in [2.24, 2.45) is 5.16 Å². The summed E-state index contributed by atoms with van der Waals surface area (Å²) in [4.78, 5) is 11.8. The molecule has 1 amide bonds. The van der Waals surface area contributed by atoms with Gasteiger partial charge in [0.15, 0.2) is 0 Å². The number of hydrogen-bond acceptors (Lipinski definition) is 4. The molecule has 0 aliphatic heterocycles. The highest BCUT2D eigenvalue weighted by molar-refractivity contribution is 6.39. The maximum absolute atomic E-state index is 11.8. The molecule has 2 aromatic rings. The molecule has 0 atom stereocenters. The number of rotatable bonds is 8. The Morgan fingerprint density at radius 1 is 1.08 bits per heavy atom. The summed E-state index contributed by atoms with van der Waals surface area (Å²) in [6, 6.07) is 17.2. The lowest BCUT2D eigenvalue weighted by atomic mass is 10.1. The van der Waals surface area contributed by atoms with Crippen LogP contribution in [-0.2, 0) is 17.8 Å². The molecular formula is C18H19ClN2O3. The van der Waals surface area contributed by atoms with Crippen molar-refractivity contribution in [3.05, 3.63) is 65.7 Å². The van der Waals surface area contributed by atoms with Crippen molar-refractivity contribution in [1.29, 1.82) is 0 Å². The molecule has 6 heteroatoms. The average molecular weight is 347 g/mol. The van der Waals surface area contributed by atoms with Gasteiger partial charge in [-0.3, -0.25) is 4.79 Å². The molecule has 24 heavy (non-hydrogen) atoms. The third-order valence-corrected chi connectivity index (χ3v) is 3.50. The van der Waals surface area contributed by atoms with Crippen LogP contribution in [0.2, 0.25) is 0 Å². The number of hydrogen-bond donors (Lipinski definition) is 2. The summed E-state index contributed by atoms with van der Waals surface area (Å²) >= 11 is 5.51. The first-order valence-corrected chi connectivity index (χ1v) is 8.07. The van der Waals surface area contributed by atoms with Crippen LogP contribution in [0.15, 0.2) is 59.8 Å². The van der Waals surface area contributed by atoms with Gasteiger partial charge in [0.05, 0.1) is 0 Å². The molecule has 0 unspecified atom stereocenters. The van der Waals surface area contributed by atoms with Gasteiger partial charge in [0.25, 0.3) is 5.91 Å². The standard InChI is InChI=1S/C18H19ClN2O3/c19-10-11-20-18(22)17(21-23)12-14-6-8-16(9-7-14)24-13-15-4-2-1-3-5-15/h1-9,23H,10-13H2,(H,20,22)/b21-17-. The highest BCUT2D eigenvalue weighted by atomic mass is 35.5. The van der Waals surface area contributed by atoms with Crippen LogP contribution >= 0.6 is 11.6 Å². The number of amides is 1. The van der Waals surface area contributed by atoms with Crippen LogP contribution in [0.3, 0.4) is 0 Å². The summed E-state index contributed by atoms with van der Waals surface area (Å²) in [5.41, 5.74) is 1.97. The minimum atomic E-state index is -0.428. The van der Waals surface area contributed by atoms with E-state index in [-0.39, 0.29) is 12.1 Å². The zero-order valence-electron chi connectivity index (χ0n) is 13.1. The van der Waals surface area contributed by atoms with E-state index in [2.05, 4.69) is 10.5 Å². The highest BCUT2D eigenvalue weighted by Gasteiger charge is 2.12. The van der Waals surface area contributed by atoms with Gasteiger partial charge >= 0.3 is 0 Å². The zero-order valence-corrected chi connectivity index (χ0v) is 13.9. The Balaban J connectivity index is 1.90. The number of carbonyl (C=O) groups is 1. The number of halogens is 1. The van der Waals surface area contributed by atoms with Crippen molar-refractivity contribution >= 4 is 23.2 Å². The van der Waals surface area contributed by atoms with Crippen molar-refractivity contribution < 1.29 is 14.7 Å². The van der Waals surface area contributed by atoms with Gasteiger partial charge in [0, 0.05) is 18.8 Å². The number of nitrogens with zero attached hydrogens (tertiary/aromatic N) is 1. The molecule has 0 spiro atoms. The summed E-state index contributed by atoms with van der Waals surface area (Å²) in [6.45, 7) is 0.816. The first kappa shape index (κ1) is 17.8. The van der Waals surface area contributed by atoms with Crippen molar-refractivity contribution in [1.82, 2.24) is 5.32 Å². The minimum absolute atomic E-state index is 0.0399. The van der Waals surface area contributed by atoms with Gasteiger partial charge in [-0.25, -0.2) is 0 Å². The largest absolute Gasteiger partial charge is 0.489 e. The molecule has 126 valence electrons. The van der Waals surface area contributed by atoms with Gasteiger partial charge in [-0.15, -0.1) is 11.6 Å². The molecule has 0 radical (unpaired) electrons. The van der Waals surface area contributed by atoms with Crippen LogP contribution in [0.5, 0.6) is 5.75 Å². The lowest BCUT2D eigenvalue weighted by Gasteiger charge is -2.08. The van der Waals surface area contributed by atoms with E-state index in [1.165, 1.54) is 0 Å². The topological polar surface area (TPSA) is 70.9 Å². The van der Waals surface area contributed by atoms with Crippen LogP contribution < -0.4 is 10.1 Å². The molecule has 0 aliphatic carbocycles. The van der Waals surface area contributed by atoms with Gasteiger partial charge in [-0.2, -0.15) is 0 Å². The fraction of sp³-hybridized carbons (Fsp3) is 0.222. The molecule has 0 aliphatic rings. The van der Waals surface area contributed by atoms with Gasteiger partial charge < -0.3 is 15.3 Å². The number of oxime groups is 1. The van der Waals surface area contributed by atoms with E-state index in [0.717, 1.165) is 16.9 Å². The van der Waals surface area contributed by atoms with Crippen molar-refractivity contribution in [2.45, 2.75) is 13.0 Å². The molecule has 0 aromatic heterocycles. The van der Waals surface area contributed by atoms with Crippen LogP contribution in [-0.4, -0.2) is 29.3 Å². The summed E-state index contributed by atoms with van der Waals surface area (Å²) < 4.78 is 5.71. The Kier molecular flexibility index (Phi) is 7.11. The van der Waals surface area contributed by atoms with E-state index in [4.69, 9.17) is 21.5 Å². The van der Waals surface area contributed by atoms with E-state index in [9.17, 15) is 4.79 Å². The van der Waals surface area contributed by atoms with E-state index in [1.54, 1.807) is 0 Å². The van der Waals surface area contributed by atoms with Gasteiger partial charge in [-0.05, 0) is 23.3 Å². The van der Waals surface area contributed by atoms with Crippen LogP contribution in [0.4, 0.5) is 0 Å². The Morgan fingerprint density at radius 3 is 2.42 bits per heavy atom. The second-order valence-electron chi connectivity index (χ2n) is 5.09. The van der Waals surface area contributed by atoms with Gasteiger partial charge in [0.1, 0.15) is 18.1 Å². The maximum atomic E-state index is 11.8. The fourth-order valence-electron chi connectivity index (χ4n) is 2.06. The predicted molar refractivity (Wildman–Crippen MR) is 93.9 cm³/mol. The number of alkyl halides is 1. The van der Waals surface area contributed by atoms with Crippen LogP contribution in [0.1, 0.15) is 11.1 Å². The predicted octanol–water partition coefficient (Wildman–Crippen LogP) is 2.99. The van der Waals surface area contributed by atoms with Crippen molar-refractivity contribution in [2.75, 3.05) is 12.4 Å². The Bertz CT molecular complexity index is 672. The number of benzene rings is 2. The molecule has 0 saturated carbocycles. The maximum Gasteiger partial charge on any atom is 0.269 e. The van der Waals surface area contributed by atoms with Crippen LogP contribution in [0.25, 0.3) is 0 Å². The zero-order chi connectivity index (χ0) is 17.2. The molecule has 2 N–H and O–H groups in total. The molecule has 5 nitrogen and oxygen atoms in total. The van der Waals surface area contributed by atoms with Crippen LogP contribution in [0, 0.1) is 0 Å². The fourth-order valence-corrected chi connectivity index (χ4v) is 2.16. The van der Waals surface area contributed by atoms with Gasteiger partial charge in [-0.1, -0.05) is 47.6 Å². The number of carbonyl (C=O) groups excluding carboxylic acids is 1. The highest BCUT2D eigenvalue weighted by Crippen LogP contribution is 2.15. The second-order valence-corrected chi connectivity index (χ2v) is 5.46. The summed E-state index contributed by atoms with van der Waals surface area (Å²) in [7, 11) is 0. The van der Waals surface area contributed by atoms with E-state index >= 15 is 0 Å². The quantitative estimate of drug-likeness (QED) is 0.334. The average Bonchev–Trinajstić information content (AvgIpc) is 2.64. The lowest BCUT2D eigenvalue weighted by molar-refractivity contribution is -0.114. The Labute approximate surface area is 145 Å². The lowest BCUT2D eigenvalue weighted by Crippen LogP contribution is -2.33. The van der Waals surface area contributed by atoms with Gasteiger partial charge in [0.2, 0.25) is 0 Å².